The quantitative estimate of drug-likeness (QED) is 0.829. The van der Waals surface area contributed by atoms with E-state index < -0.39 is 0 Å². The van der Waals surface area contributed by atoms with E-state index in [2.05, 4.69) is 12.2 Å². The van der Waals surface area contributed by atoms with Gasteiger partial charge in [-0.2, -0.15) is 0 Å². The highest BCUT2D eigenvalue weighted by molar-refractivity contribution is 5.81. The van der Waals surface area contributed by atoms with Gasteiger partial charge in [-0.1, -0.05) is 19.1 Å². The minimum atomic E-state index is -0.223. The normalized spacial score (nSPS) is 22.9. The molecule has 0 saturated heterocycles. The smallest absolute Gasteiger partial charge is 0.223 e. The lowest BCUT2D eigenvalue weighted by Crippen LogP contribution is -2.27. The summed E-state index contributed by atoms with van der Waals surface area (Å²) in [6, 6.07) is 6.39. The van der Waals surface area contributed by atoms with Crippen LogP contribution in [0.5, 0.6) is 0 Å². The number of carbonyl (C=O) groups is 1. The van der Waals surface area contributed by atoms with Crippen molar-refractivity contribution in [2.24, 2.45) is 11.8 Å². The van der Waals surface area contributed by atoms with Crippen molar-refractivity contribution in [1.82, 2.24) is 5.32 Å². The number of amides is 1. The van der Waals surface area contributed by atoms with Crippen LogP contribution in [0.3, 0.4) is 0 Å². The van der Waals surface area contributed by atoms with E-state index in [0.717, 1.165) is 18.4 Å². The van der Waals surface area contributed by atoms with Crippen LogP contribution in [0.2, 0.25) is 0 Å². The molecule has 0 radical (unpaired) electrons. The fraction of sp³-hybridized carbons (Fsp3) is 0.462. The van der Waals surface area contributed by atoms with Gasteiger partial charge in [0.1, 0.15) is 5.82 Å². The summed E-state index contributed by atoms with van der Waals surface area (Å²) in [6.07, 6.45) is 1.77. The Kier molecular flexibility index (Phi) is 3.22. The van der Waals surface area contributed by atoms with Crippen LogP contribution in [0.4, 0.5) is 4.39 Å². The van der Waals surface area contributed by atoms with Gasteiger partial charge >= 0.3 is 0 Å². The van der Waals surface area contributed by atoms with Crippen LogP contribution in [-0.4, -0.2) is 12.5 Å². The molecule has 86 valence electrons. The van der Waals surface area contributed by atoms with Crippen molar-refractivity contribution in [2.75, 3.05) is 6.54 Å². The Morgan fingerprint density at radius 3 is 2.62 bits per heavy atom. The van der Waals surface area contributed by atoms with E-state index in [9.17, 15) is 9.18 Å². The monoisotopic (exact) mass is 221 g/mol. The van der Waals surface area contributed by atoms with E-state index >= 15 is 0 Å². The second-order valence-corrected chi connectivity index (χ2v) is 4.49. The summed E-state index contributed by atoms with van der Waals surface area (Å²) in [7, 11) is 0. The molecule has 1 aromatic carbocycles. The number of hydrogen-bond acceptors (Lipinski definition) is 1. The molecule has 0 aromatic heterocycles. The van der Waals surface area contributed by atoms with Crippen LogP contribution in [0, 0.1) is 17.7 Å². The van der Waals surface area contributed by atoms with Crippen LogP contribution < -0.4 is 5.32 Å². The van der Waals surface area contributed by atoms with E-state index in [1.165, 1.54) is 12.1 Å². The Morgan fingerprint density at radius 2 is 2.06 bits per heavy atom. The van der Waals surface area contributed by atoms with Crippen LogP contribution in [0.25, 0.3) is 0 Å². The molecule has 16 heavy (non-hydrogen) atoms. The van der Waals surface area contributed by atoms with E-state index in [1.807, 2.05) is 0 Å². The van der Waals surface area contributed by atoms with Gasteiger partial charge in [0.05, 0.1) is 0 Å². The Labute approximate surface area is 94.9 Å². The Morgan fingerprint density at radius 1 is 1.44 bits per heavy atom. The van der Waals surface area contributed by atoms with Gasteiger partial charge in [0, 0.05) is 12.5 Å². The molecule has 1 N–H and O–H groups in total. The Balaban J connectivity index is 1.71. The summed E-state index contributed by atoms with van der Waals surface area (Å²) in [4.78, 5) is 11.5. The summed E-state index contributed by atoms with van der Waals surface area (Å²) in [5.41, 5.74) is 1.05. The number of halogens is 1. The summed E-state index contributed by atoms with van der Waals surface area (Å²) in [5.74, 6) is 0.716. The lowest BCUT2D eigenvalue weighted by Gasteiger charge is -2.04. The van der Waals surface area contributed by atoms with Gasteiger partial charge in [0.25, 0.3) is 0 Å². The van der Waals surface area contributed by atoms with Crippen LogP contribution in [0.1, 0.15) is 18.9 Å². The summed E-state index contributed by atoms with van der Waals surface area (Å²) >= 11 is 0. The van der Waals surface area contributed by atoms with Gasteiger partial charge in [-0.25, -0.2) is 4.39 Å². The van der Waals surface area contributed by atoms with Gasteiger partial charge < -0.3 is 5.32 Å². The standard InChI is InChI=1S/C13H16FNO/c1-9-8-12(9)13(16)15-7-6-10-2-4-11(14)5-3-10/h2-5,9,12H,6-8H2,1H3,(H,15,16)/t9-,12+/m0/s1. The third-order valence-electron chi connectivity index (χ3n) is 3.07. The molecule has 1 aliphatic rings. The van der Waals surface area contributed by atoms with Crippen LogP contribution in [0.15, 0.2) is 24.3 Å². The highest BCUT2D eigenvalue weighted by atomic mass is 19.1. The molecule has 0 unspecified atom stereocenters. The largest absolute Gasteiger partial charge is 0.356 e. The minimum absolute atomic E-state index is 0.162. The maximum atomic E-state index is 12.6. The van der Waals surface area contributed by atoms with Crippen molar-refractivity contribution in [3.8, 4) is 0 Å². The van der Waals surface area contributed by atoms with Crippen molar-refractivity contribution in [3.05, 3.63) is 35.6 Å². The van der Waals surface area contributed by atoms with Crippen molar-refractivity contribution in [2.45, 2.75) is 19.8 Å². The first kappa shape index (κ1) is 11.1. The van der Waals surface area contributed by atoms with Gasteiger partial charge in [0.2, 0.25) is 5.91 Å². The molecule has 0 spiro atoms. The number of rotatable bonds is 4. The van der Waals surface area contributed by atoms with Gasteiger partial charge in [-0.05, 0) is 36.5 Å². The second kappa shape index (κ2) is 4.64. The average Bonchev–Trinajstić information content (AvgIpc) is 2.98. The molecule has 1 amide bonds. The molecular formula is C13H16FNO. The molecule has 1 aliphatic carbocycles. The highest BCUT2D eigenvalue weighted by Crippen LogP contribution is 2.37. The van der Waals surface area contributed by atoms with Crippen molar-refractivity contribution < 1.29 is 9.18 Å². The number of nitrogens with one attached hydrogen (secondary N) is 1. The molecule has 2 nitrogen and oxygen atoms in total. The molecule has 1 saturated carbocycles. The first-order valence-electron chi connectivity index (χ1n) is 5.69. The van der Waals surface area contributed by atoms with Gasteiger partial charge in [-0.15, -0.1) is 0 Å². The fourth-order valence-corrected chi connectivity index (χ4v) is 1.80. The summed E-state index contributed by atoms with van der Waals surface area (Å²) in [6.45, 7) is 2.72. The third-order valence-corrected chi connectivity index (χ3v) is 3.07. The predicted molar refractivity (Wildman–Crippen MR) is 60.4 cm³/mol. The van der Waals surface area contributed by atoms with Gasteiger partial charge in [0.15, 0.2) is 0 Å². The molecule has 2 atom stereocenters. The molecule has 2 rings (SSSR count). The molecule has 0 heterocycles. The lowest BCUT2D eigenvalue weighted by molar-refractivity contribution is -0.122. The lowest BCUT2D eigenvalue weighted by atomic mass is 10.1. The predicted octanol–water partition coefficient (Wildman–Crippen LogP) is 2.14. The van der Waals surface area contributed by atoms with Crippen molar-refractivity contribution in [1.29, 1.82) is 0 Å². The second-order valence-electron chi connectivity index (χ2n) is 4.49. The fourth-order valence-electron chi connectivity index (χ4n) is 1.80. The topological polar surface area (TPSA) is 29.1 Å². The van der Waals surface area contributed by atoms with Crippen LogP contribution >= 0.6 is 0 Å². The van der Waals surface area contributed by atoms with Crippen LogP contribution in [-0.2, 0) is 11.2 Å². The third kappa shape index (κ3) is 2.81. The van der Waals surface area contributed by atoms with Crippen molar-refractivity contribution in [3.63, 3.8) is 0 Å². The molecular weight excluding hydrogens is 205 g/mol. The van der Waals surface area contributed by atoms with E-state index in [-0.39, 0.29) is 17.6 Å². The first-order valence-corrected chi connectivity index (χ1v) is 5.69. The number of carbonyl (C=O) groups excluding carboxylic acids is 1. The maximum absolute atomic E-state index is 12.6. The summed E-state index contributed by atoms with van der Waals surface area (Å²) < 4.78 is 12.6. The zero-order valence-electron chi connectivity index (χ0n) is 9.37. The SMILES string of the molecule is C[C@H]1C[C@H]1C(=O)NCCc1ccc(F)cc1. The number of benzene rings is 1. The first-order chi connectivity index (χ1) is 7.66. The summed E-state index contributed by atoms with van der Waals surface area (Å²) in [5, 5.41) is 2.91. The molecule has 0 bridgehead atoms. The minimum Gasteiger partial charge on any atom is -0.356 e. The van der Waals surface area contributed by atoms with Gasteiger partial charge in [-0.3, -0.25) is 4.79 Å². The molecule has 1 aromatic rings. The molecule has 0 aliphatic heterocycles. The van der Waals surface area contributed by atoms with E-state index in [4.69, 9.17) is 0 Å². The average molecular weight is 221 g/mol. The van der Waals surface area contributed by atoms with E-state index in [1.54, 1.807) is 12.1 Å². The zero-order valence-corrected chi connectivity index (χ0v) is 9.37. The maximum Gasteiger partial charge on any atom is 0.223 e. The number of hydrogen-bond donors (Lipinski definition) is 1. The van der Waals surface area contributed by atoms with Crippen molar-refractivity contribution >= 4 is 5.91 Å². The Hall–Kier alpha value is -1.38. The molecule has 1 fully saturated rings. The van der Waals surface area contributed by atoms with E-state index in [0.29, 0.717) is 12.5 Å². The molecule has 3 heteroatoms. The Bertz CT molecular complexity index is 374. The highest BCUT2D eigenvalue weighted by Gasteiger charge is 2.38. The zero-order chi connectivity index (χ0) is 11.5.